The molecule has 0 spiro atoms. The number of rotatable bonds is 5. The Morgan fingerprint density at radius 2 is 1.85 bits per heavy atom. The Morgan fingerprint density at radius 3 is 2.42 bits per heavy atom. The van der Waals surface area contributed by atoms with Crippen molar-refractivity contribution in [2.24, 2.45) is 0 Å². The van der Waals surface area contributed by atoms with Crippen LogP contribution < -0.4 is 10.1 Å². The molecule has 1 aromatic carbocycles. The molecule has 140 valence electrons. The summed E-state index contributed by atoms with van der Waals surface area (Å²) in [4.78, 5) is 16.3. The highest BCUT2D eigenvalue weighted by molar-refractivity contribution is 7.89. The summed E-state index contributed by atoms with van der Waals surface area (Å²) in [5.74, 6) is -0.446. The van der Waals surface area contributed by atoms with Crippen LogP contribution in [0.5, 0.6) is 5.75 Å². The molecule has 1 heterocycles. The molecule has 0 atom stereocenters. The number of pyridine rings is 1. The number of aromatic nitrogens is 1. The van der Waals surface area contributed by atoms with Crippen LogP contribution in [-0.2, 0) is 10.0 Å². The Balaban J connectivity index is 2.45. The number of sulfonamides is 1. The first-order valence-corrected chi connectivity index (χ1v) is 9.58. The van der Waals surface area contributed by atoms with E-state index in [0.29, 0.717) is 0 Å². The van der Waals surface area contributed by atoms with E-state index in [1.165, 1.54) is 45.6 Å². The van der Waals surface area contributed by atoms with Crippen LogP contribution in [0.4, 0.5) is 5.69 Å². The van der Waals surface area contributed by atoms with E-state index in [0.717, 1.165) is 4.31 Å². The molecule has 0 radical (unpaired) electrons. The Kier molecular flexibility index (Phi) is 6.36. The van der Waals surface area contributed by atoms with E-state index in [4.69, 9.17) is 39.5 Å². The number of halogens is 3. The van der Waals surface area contributed by atoms with Crippen LogP contribution in [0.1, 0.15) is 10.5 Å². The van der Waals surface area contributed by atoms with E-state index in [-0.39, 0.29) is 37.1 Å². The number of anilines is 1. The van der Waals surface area contributed by atoms with E-state index < -0.39 is 15.9 Å². The summed E-state index contributed by atoms with van der Waals surface area (Å²) in [7, 11) is 0.485. The summed E-state index contributed by atoms with van der Waals surface area (Å²) in [6.45, 7) is 0. The minimum Gasteiger partial charge on any atom is -0.495 e. The molecule has 0 fully saturated rings. The Hall–Kier alpha value is -1.58. The highest BCUT2D eigenvalue weighted by Gasteiger charge is 2.22. The Morgan fingerprint density at radius 1 is 1.19 bits per heavy atom. The number of amides is 1. The maximum Gasteiger partial charge on any atom is 0.275 e. The fraction of sp³-hybridized carbons (Fsp3) is 0.200. The monoisotopic (exact) mass is 437 g/mol. The number of ether oxygens (including phenoxy) is 1. The summed E-state index contributed by atoms with van der Waals surface area (Å²) in [5, 5.41) is 2.50. The number of hydrogen-bond donors (Lipinski definition) is 1. The molecule has 0 aliphatic carbocycles. The number of methoxy groups -OCH3 is 1. The van der Waals surface area contributed by atoms with Gasteiger partial charge >= 0.3 is 0 Å². The van der Waals surface area contributed by atoms with Gasteiger partial charge in [0.25, 0.3) is 5.91 Å². The Labute approximate surface area is 165 Å². The second-order valence-electron chi connectivity index (χ2n) is 5.19. The maximum absolute atomic E-state index is 12.5. The minimum atomic E-state index is -3.70. The molecule has 2 rings (SSSR count). The number of benzene rings is 1. The third kappa shape index (κ3) is 4.05. The number of carbonyl (C=O) groups excluding carboxylic acids is 1. The number of nitrogens with one attached hydrogen (secondary N) is 1. The molecule has 0 aliphatic heterocycles. The molecule has 1 amide bonds. The third-order valence-corrected chi connectivity index (χ3v) is 6.38. The van der Waals surface area contributed by atoms with Gasteiger partial charge in [0.1, 0.15) is 11.4 Å². The number of nitrogens with zero attached hydrogens (tertiary/aromatic N) is 2. The van der Waals surface area contributed by atoms with Crippen LogP contribution >= 0.6 is 34.8 Å². The maximum atomic E-state index is 12.5. The van der Waals surface area contributed by atoms with Crippen molar-refractivity contribution in [3.8, 4) is 5.75 Å². The van der Waals surface area contributed by atoms with Gasteiger partial charge in [0.15, 0.2) is 0 Å². The zero-order chi connectivity index (χ0) is 19.6. The fourth-order valence-corrected chi connectivity index (χ4v) is 3.43. The zero-order valence-electron chi connectivity index (χ0n) is 13.9. The summed E-state index contributed by atoms with van der Waals surface area (Å²) in [5.41, 5.74) is -0.0339. The lowest BCUT2D eigenvalue weighted by Crippen LogP contribution is -2.22. The van der Waals surface area contributed by atoms with Gasteiger partial charge < -0.3 is 10.1 Å². The van der Waals surface area contributed by atoms with E-state index >= 15 is 0 Å². The predicted octanol–water partition coefficient (Wildman–Crippen LogP) is 3.55. The molecule has 26 heavy (non-hydrogen) atoms. The molecule has 2 aromatic rings. The van der Waals surface area contributed by atoms with E-state index in [2.05, 4.69) is 10.3 Å². The lowest BCUT2D eigenvalue weighted by Gasteiger charge is -2.15. The van der Waals surface area contributed by atoms with Crippen molar-refractivity contribution < 1.29 is 17.9 Å². The largest absolute Gasteiger partial charge is 0.495 e. The number of hydrogen-bond acceptors (Lipinski definition) is 5. The smallest absolute Gasteiger partial charge is 0.275 e. The van der Waals surface area contributed by atoms with E-state index in [1.54, 1.807) is 0 Å². The van der Waals surface area contributed by atoms with Crippen molar-refractivity contribution in [1.82, 2.24) is 9.29 Å². The number of carbonyl (C=O) groups is 1. The van der Waals surface area contributed by atoms with Gasteiger partial charge in [0.05, 0.1) is 32.8 Å². The lowest BCUT2D eigenvalue weighted by molar-refractivity contribution is 0.102. The van der Waals surface area contributed by atoms with Crippen LogP contribution in [0.2, 0.25) is 15.1 Å². The van der Waals surface area contributed by atoms with Gasteiger partial charge in [-0.25, -0.2) is 17.7 Å². The standard InChI is InChI=1S/C15H14Cl3N3O4S/c1-21(2)26(23,24)8-4-5-11(25-3)10(6-8)20-15(22)14-13(18)12(17)9(16)7-19-14/h4-7H,1-3H3,(H,20,22). The van der Waals surface area contributed by atoms with Gasteiger partial charge in [-0.3, -0.25) is 4.79 Å². The second-order valence-corrected chi connectivity index (χ2v) is 8.50. The molecule has 7 nitrogen and oxygen atoms in total. The van der Waals surface area contributed by atoms with Crippen LogP contribution in [-0.4, -0.2) is 44.8 Å². The molecule has 1 N–H and O–H groups in total. The molecule has 0 saturated carbocycles. The molecule has 1 aromatic heterocycles. The lowest BCUT2D eigenvalue weighted by atomic mass is 10.2. The highest BCUT2D eigenvalue weighted by atomic mass is 35.5. The molecular formula is C15H14Cl3N3O4S. The quantitative estimate of drug-likeness (QED) is 0.771. The summed E-state index contributed by atoms with van der Waals surface area (Å²) in [6, 6.07) is 4.07. The van der Waals surface area contributed by atoms with Crippen molar-refractivity contribution >= 4 is 56.4 Å². The molecule has 11 heteroatoms. The Bertz CT molecular complexity index is 965. The molecule has 0 unspecified atom stereocenters. The van der Waals surface area contributed by atoms with Crippen molar-refractivity contribution in [3.05, 3.63) is 45.2 Å². The minimum absolute atomic E-state index is 0.00983. The van der Waals surface area contributed by atoms with E-state index in [9.17, 15) is 13.2 Å². The van der Waals surface area contributed by atoms with Crippen molar-refractivity contribution in [3.63, 3.8) is 0 Å². The SMILES string of the molecule is COc1ccc(S(=O)(=O)N(C)C)cc1NC(=O)c1ncc(Cl)c(Cl)c1Cl. The van der Waals surface area contributed by atoms with Crippen LogP contribution in [0.25, 0.3) is 0 Å². The van der Waals surface area contributed by atoms with Gasteiger partial charge in [-0.1, -0.05) is 34.8 Å². The first-order chi connectivity index (χ1) is 12.1. The van der Waals surface area contributed by atoms with Gasteiger partial charge in [0, 0.05) is 20.3 Å². The van der Waals surface area contributed by atoms with Crippen LogP contribution in [0, 0.1) is 0 Å². The molecular weight excluding hydrogens is 425 g/mol. The predicted molar refractivity (Wildman–Crippen MR) is 101 cm³/mol. The van der Waals surface area contributed by atoms with Crippen LogP contribution in [0.3, 0.4) is 0 Å². The van der Waals surface area contributed by atoms with Gasteiger partial charge in [-0.15, -0.1) is 0 Å². The van der Waals surface area contributed by atoms with Crippen molar-refractivity contribution in [2.45, 2.75) is 4.90 Å². The molecule has 0 saturated heterocycles. The van der Waals surface area contributed by atoms with Crippen molar-refractivity contribution in [2.75, 3.05) is 26.5 Å². The average Bonchev–Trinajstić information content (AvgIpc) is 2.59. The first kappa shape index (κ1) is 20.7. The van der Waals surface area contributed by atoms with E-state index in [1.807, 2.05) is 0 Å². The van der Waals surface area contributed by atoms with Crippen LogP contribution in [0.15, 0.2) is 29.3 Å². The fourth-order valence-electron chi connectivity index (χ4n) is 1.94. The summed E-state index contributed by atoms with van der Waals surface area (Å²) < 4.78 is 30.8. The second kappa shape index (κ2) is 7.98. The first-order valence-electron chi connectivity index (χ1n) is 7.01. The van der Waals surface area contributed by atoms with Gasteiger partial charge in [-0.2, -0.15) is 0 Å². The van der Waals surface area contributed by atoms with Gasteiger partial charge in [0.2, 0.25) is 10.0 Å². The zero-order valence-corrected chi connectivity index (χ0v) is 17.0. The van der Waals surface area contributed by atoms with Crippen molar-refractivity contribution in [1.29, 1.82) is 0 Å². The summed E-state index contributed by atoms with van der Waals surface area (Å²) >= 11 is 17.7. The highest BCUT2D eigenvalue weighted by Crippen LogP contribution is 2.33. The van der Waals surface area contributed by atoms with Gasteiger partial charge in [-0.05, 0) is 18.2 Å². The summed E-state index contributed by atoms with van der Waals surface area (Å²) in [6.07, 6.45) is 1.19. The molecule has 0 aliphatic rings. The third-order valence-electron chi connectivity index (χ3n) is 3.33. The topological polar surface area (TPSA) is 88.6 Å². The average molecular weight is 439 g/mol. The normalized spacial score (nSPS) is 11.5. The molecule has 0 bridgehead atoms.